The molecule has 3 N–H and O–H groups in total. The van der Waals surface area contributed by atoms with Gasteiger partial charge in [0.15, 0.2) is 5.11 Å². The SMILES string of the molecule is COc1ccc(CN=C(NC(=S)Nc2ccccc2OC)Nc2nc(C)cc(C)n2)cc1. The number of para-hydroxylation sites is 2. The van der Waals surface area contributed by atoms with Crippen molar-refractivity contribution in [2.75, 3.05) is 24.9 Å². The highest BCUT2D eigenvalue weighted by Crippen LogP contribution is 2.22. The van der Waals surface area contributed by atoms with Crippen LogP contribution in [0.4, 0.5) is 11.6 Å². The van der Waals surface area contributed by atoms with Gasteiger partial charge in [0.25, 0.3) is 0 Å². The molecule has 0 aliphatic rings. The van der Waals surface area contributed by atoms with Gasteiger partial charge in [0.2, 0.25) is 11.9 Å². The van der Waals surface area contributed by atoms with Crippen molar-refractivity contribution in [3.63, 3.8) is 0 Å². The highest BCUT2D eigenvalue weighted by Gasteiger charge is 2.09. The maximum absolute atomic E-state index is 5.50. The maximum atomic E-state index is 5.50. The Morgan fingerprint density at radius 2 is 1.62 bits per heavy atom. The molecule has 0 aliphatic heterocycles. The molecule has 0 aliphatic carbocycles. The predicted octanol–water partition coefficient (Wildman–Crippen LogP) is 4.07. The first-order chi connectivity index (χ1) is 15.5. The van der Waals surface area contributed by atoms with Crippen LogP contribution in [-0.4, -0.2) is 35.3 Å². The number of methoxy groups -OCH3 is 2. The fraction of sp³-hybridized carbons (Fsp3) is 0.217. The molecule has 9 heteroatoms. The molecule has 1 aromatic heterocycles. The molecular formula is C23H26N6O2S. The Balaban J connectivity index is 1.79. The average molecular weight is 451 g/mol. The van der Waals surface area contributed by atoms with E-state index < -0.39 is 0 Å². The van der Waals surface area contributed by atoms with E-state index in [4.69, 9.17) is 21.7 Å². The summed E-state index contributed by atoms with van der Waals surface area (Å²) in [4.78, 5) is 13.5. The lowest BCUT2D eigenvalue weighted by Crippen LogP contribution is -2.39. The molecule has 1 heterocycles. The normalized spacial score (nSPS) is 10.9. The lowest BCUT2D eigenvalue weighted by Gasteiger charge is -2.15. The van der Waals surface area contributed by atoms with Gasteiger partial charge in [0.05, 0.1) is 26.5 Å². The number of aryl methyl sites for hydroxylation is 2. The Hall–Kier alpha value is -3.72. The van der Waals surface area contributed by atoms with Crippen LogP contribution in [0.25, 0.3) is 0 Å². The Morgan fingerprint density at radius 3 is 2.28 bits per heavy atom. The number of guanidine groups is 1. The van der Waals surface area contributed by atoms with E-state index in [1.807, 2.05) is 68.4 Å². The maximum Gasteiger partial charge on any atom is 0.229 e. The third-order valence-electron chi connectivity index (χ3n) is 4.38. The summed E-state index contributed by atoms with van der Waals surface area (Å²) in [5, 5.41) is 9.71. The van der Waals surface area contributed by atoms with Crippen LogP contribution in [0.5, 0.6) is 11.5 Å². The standard InChI is InChI=1S/C23H26N6O2S/c1-15-13-16(2)26-22(25-15)28-21(24-14-17-9-11-18(30-3)12-10-17)29-23(32)27-19-7-5-6-8-20(19)31-4/h5-13H,14H2,1-4H3,(H3,24,25,26,27,28,29,32). The summed E-state index contributed by atoms with van der Waals surface area (Å²) in [6.45, 7) is 4.24. The topological polar surface area (TPSA) is 92.7 Å². The Bertz CT molecular complexity index is 1080. The average Bonchev–Trinajstić information content (AvgIpc) is 2.77. The highest BCUT2D eigenvalue weighted by atomic mass is 32.1. The van der Waals surface area contributed by atoms with Crippen molar-refractivity contribution < 1.29 is 9.47 Å². The second-order valence-electron chi connectivity index (χ2n) is 6.89. The quantitative estimate of drug-likeness (QED) is 0.294. The number of hydrogen-bond acceptors (Lipinski definition) is 6. The van der Waals surface area contributed by atoms with Crippen molar-refractivity contribution in [1.29, 1.82) is 0 Å². The van der Waals surface area contributed by atoms with E-state index in [1.54, 1.807) is 14.2 Å². The molecule has 3 aromatic rings. The van der Waals surface area contributed by atoms with E-state index in [9.17, 15) is 0 Å². The monoisotopic (exact) mass is 450 g/mol. The molecular weight excluding hydrogens is 424 g/mol. The van der Waals surface area contributed by atoms with Gasteiger partial charge in [-0.15, -0.1) is 0 Å². The molecule has 32 heavy (non-hydrogen) atoms. The summed E-state index contributed by atoms with van der Waals surface area (Å²) in [6.07, 6.45) is 0. The van der Waals surface area contributed by atoms with E-state index in [1.165, 1.54) is 0 Å². The molecule has 0 fully saturated rings. The van der Waals surface area contributed by atoms with Crippen molar-refractivity contribution in [3.05, 3.63) is 71.5 Å². The highest BCUT2D eigenvalue weighted by molar-refractivity contribution is 7.80. The number of aromatic nitrogens is 2. The Kier molecular flexibility index (Phi) is 7.93. The largest absolute Gasteiger partial charge is 0.497 e. The van der Waals surface area contributed by atoms with Gasteiger partial charge in [-0.25, -0.2) is 15.0 Å². The van der Waals surface area contributed by atoms with Gasteiger partial charge in [-0.3, -0.25) is 5.32 Å². The minimum absolute atomic E-state index is 0.347. The summed E-state index contributed by atoms with van der Waals surface area (Å²) in [5.74, 6) is 2.32. The zero-order chi connectivity index (χ0) is 22.9. The molecule has 166 valence electrons. The van der Waals surface area contributed by atoms with E-state index >= 15 is 0 Å². The molecule has 3 rings (SSSR count). The van der Waals surface area contributed by atoms with Crippen molar-refractivity contribution in [3.8, 4) is 11.5 Å². The van der Waals surface area contributed by atoms with Gasteiger partial charge >= 0.3 is 0 Å². The minimum Gasteiger partial charge on any atom is -0.497 e. The van der Waals surface area contributed by atoms with Crippen molar-refractivity contribution in [2.45, 2.75) is 20.4 Å². The number of aliphatic imine (C=N–C) groups is 1. The number of nitrogens with zero attached hydrogens (tertiary/aromatic N) is 3. The van der Waals surface area contributed by atoms with Gasteiger partial charge in [-0.2, -0.15) is 0 Å². The number of anilines is 2. The molecule has 0 radical (unpaired) electrons. The lowest BCUT2D eigenvalue weighted by molar-refractivity contribution is 0.414. The zero-order valence-corrected chi connectivity index (χ0v) is 19.3. The summed E-state index contributed by atoms with van der Waals surface area (Å²) < 4.78 is 10.6. The van der Waals surface area contributed by atoms with Crippen LogP contribution in [0.3, 0.4) is 0 Å². The van der Waals surface area contributed by atoms with Gasteiger partial charge in [-0.05, 0) is 62.0 Å². The first-order valence-corrected chi connectivity index (χ1v) is 10.4. The third-order valence-corrected chi connectivity index (χ3v) is 4.58. The number of thiocarbonyl (C=S) groups is 1. The molecule has 0 bridgehead atoms. The van der Waals surface area contributed by atoms with Crippen LogP contribution in [0, 0.1) is 13.8 Å². The van der Waals surface area contributed by atoms with Crippen molar-refractivity contribution in [2.24, 2.45) is 4.99 Å². The van der Waals surface area contributed by atoms with Crippen LogP contribution < -0.4 is 25.4 Å². The van der Waals surface area contributed by atoms with Crippen LogP contribution in [0.15, 0.2) is 59.6 Å². The van der Waals surface area contributed by atoms with Gasteiger partial charge < -0.3 is 20.1 Å². The van der Waals surface area contributed by atoms with Gasteiger partial charge in [0.1, 0.15) is 11.5 Å². The molecule has 0 saturated carbocycles. The number of rotatable bonds is 6. The van der Waals surface area contributed by atoms with E-state index in [2.05, 4.69) is 30.9 Å². The smallest absolute Gasteiger partial charge is 0.229 e. The van der Waals surface area contributed by atoms with Gasteiger partial charge in [0, 0.05) is 11.4 Å². The summed E-state index contributed by atoms with van der Waals surface area (Å²) in [6, 6.07) is 17.1. The fourth-order valence-electron chi connectivity index (χ4n) is 2.91. The summed E-state index contributed by atoms with van der Waals surface area (Å²) in [5.41, 5.74) is 3.45. The van der Waals surface area contributed by atoms with E-state index in [-0.39, 0.29) is 0 Å². The number of hydrogen-bond donors (Lipinski definition) is 3. The molecule has 0 amide bonds. The number of nitrogens with one attached hydrogen (secondary N) is 3. The van der Waals surface area contributed by atoms with Crippen LogP contribution in [0.1, 0.15) is 17.0 Å². The fourth-order valence-corrected chi connectivity index (χ4v) is 3.11. The molecule has 0 spiro atoms. The molecule has 0 atom stereocenters. The van der Waals surface area contributed by atoms with Crippen LogP contribution in [0.2, 0.25) is 0 Å². The lowest BCUT2D eigenvalue weighted by atomic mass is 10.2. The first-order valence-electron chi connectivity index (χ1n) is 9.94. The third kappa shape index (κ3) is 6.64. The Morgan fingerprint density at radius 1 is 0.938 bits per heavy atom. The summed E-state index contributed by atoms with van der Waals surface area (Å²) >= 11 is 5.50. The van der Waals surface area contributed by atoms with Crippen molar-refractivity contribution >= 4 is 34.9 Å². The minimum atomic E-state index is 0.347. The van der Waals surface area contributed by atoms with E-state index in [0.717, 1.165) is 28.4 Å². The first kappa shape index (κ1) is 23.0. The van der Waals surface area contributed by atoms with E-state index in [0.29, 0.717) is 29.3 Å². The second kappa shape index (κ2) is 11.1. The molecule has 2 aromatic carbocycles. The van der Waals surface area contributed by atoms with Crippen LogP contribution >= 0.6 is 12.2 Å². The predicted molar refractivity (Wildman–Crippen MR) is 132 cm³/mol. The number of ether oxygens (including phenoxy) is 2. The zero-order valence-electron chi connectivity index (χ0n) is 18.5. The van der Waals surface area contributed by atoms with Crippen LogP contribution in [-0.2, 0) is 6.54 Å². The van der Waals surface area contributed by atoms with Gasteiger partial charge in [-0.1, -0.05) is 24.3 Å². The summed E-state index contributed by atoms with van der Waals surface area (Å²) in [7, 11) is 3.25. The molecule has 0 saturated heterocycles. The Labute approximate surface area is 193 Å². The molecule has 8 nitrogen and oxygen atoms in total. The second-order valence-corrected chi connectivity index (χ2v) is 7.30. The number of benzene rings is 2. The molecule has 0 unspecified atom stereocenters. The van der Waals surface area contributed by atoms with Crippen molar-refractivity contribution in [1.82, 2.24) is 15.3 Å².